The van der Waals surface area contributed by atoms with Crippen molar-refractivity contribution in [1.82, 2.24) is 0 Å². The van der Waals surface area contributed by atoms with E-state index in [2.05, 4.69) is 0 Å². The normalized spacial score (nSPS) is 10.7. The summed E-state index contributed by atoms with van der Waals surface area (Å²) in [6.07, 6.45) is 0. The second kappa shape index (κ2) is 5.03. The molecule has 0 atom stereocenters. The fourth-order valence-electron chi connectivity index (χ4n) is 0.330. The van der Waals surface area contributed by atoms with E-state index in [1.165, 1.54) is 5.41 Å². The molecule has 0 unspecified atom stereocenters. The molecule has 6 heteroatoms. The highest BCUT2D eigenvalue weighted by Gasteiger charge is 2.24. The Labute approximate surface area is 71.8 Å². The molecule has 0 rings (SSSR count). The van der Waals surface area contributed by atoms with Gasteiger partial charge in [0.2, 0.25) is 5.25 Å². The number of carbonyl (C=O) groups is 2. The lowest BCUT2D eigenvalue weighted by Gasteiger charge is -2.00. The minimum atomic E-state index is -1.48. The first kappa shape index (κ1) is 10.3. The van der Waals surface area contributed by atoms with Crippen LogP contribution >= 0.6 is 23.4 Å². The molecular weight excluding hydrogens is 192 g/mol. The number of carboxylic acids is 2. The highest BCUT2D eigenvalue weighted by atomic mass is 35.5. The maximum Gasteiger partial charge on any atom is 0.328 e. The van der Waals surface area contributed by atoms with Gasteiger partial charge in [-0.05, 0) is 5.41 Å². The standard InChI is InChI=1S/C5H5ClO4S/c6-1-2-11-3(4(7)8)5(9)10/h1-3H,(H,7,8)(H,9,10). The van der Waals surface area contributed by atoms with Crippen molar-refractivity contribution in [3.63, 3.8) is 0 Å². The predicted molar refractivity (Wildman–Crippen MR) is 41.6 cm³/mol. The monoisotopic (exact) mass is 196 g/mol. The van der Waals surface area contributed by atoms with Crippen LogP contribution in [0, 0.1) is 0 Å². The molecule has 0 aromatic heterocycles. The molecule has 0 fully saturated rings. The second-order valence-electron chi connectivity index (χ2n) is 1.45. The second-order valence-corrected chi connectivity index (χ2v) is 2.72. The van der Waals surface area contributed by atoms with E-state index in [9.17, 15) is 9.59 Å². The summed E-state index contributed by atoms with van der Waals surface area (Å²) in [7, 11) is 0. The van der Waals surface area contributed by atoms with E-state index in [0.29, 0.717) is 11.8 Å². The van der Waals surface area contributed by atoms with E-state index in [-0.39, 0.29) is 0 Å². The first-order valence-corrected chi connectivity index (χ1v) is 3.84. The van der Waals surface area contributed by atoms with Gasteiger partial charge in [-0.2, -0.15) is 0 Å². The van der Waals surface area contributed by atoms with Crippen LogP contribution in [-0.4, -0.2) is 27.4 Å². The van der Waals surface area contributed by atoms with Gasteiger partial charge in [0.1, 0.15) is 0 Å². The van der Waals surface area contributed by atoms with E-state index >= 15 is 0 Å². The van der Waals surface area contributed by atoms with Crippen LogP contribution in [-0.2, 0) is 9.59 Å². The van der Waals surface area contributed by atoms with Gasteiger partial charge in [-0.3, -0.25) is 9.59 Å². The van der Waals surface area contributed by atoms with Crippen molar-refractivity contribution in [2.75, 3.05) is 0 Å². The van der Waals surface area contributed by atoms with Gasteiger partial charge < -0.3 is 10.2 Å². The van der Waals surface area contributed by atoms with Gasteiger partial charge in [0.25, 0.3) is 0 Å². The lowest BCUT2D eigenvalue weighted by atomic mass is 10.4. The zero-order valence-electron chi connectivity index (χ0n) is 5.23. The van der Waals surface area contributed by atoms with Gasteiger partial charge in [0.05, 0.1) is 0 Å². The van der Waals surface area contributed by atoms with Crippen LogP contribution in [0.2, 0.25) is 0 Å². The predicted octanol–water partition coefficient (Wildman–Crippen LogP) is 0.967. The molecule has 0 heterocycles. The van der Waals surface area contributed by atoms with Gasteiger partial charge in [-0.1, -0.05) is 11.6 Å². The number of rotatable bonds is 4. The number of thioether (sulfide) groups is 1. The fourth-order valence-corrected chi connectivity index (χ4v) is 0.958. The lowest BCUT2D eigenvalue weighted by molar-refractivity contribution is -0.146. The molecule has 2 N–H and O–H groups in total. The summed E-state index contributed by atoms with van der Waals surface area (Å²) in [5.74, 6) is -2.78. The summed E-state index contributed by atoms with van der Waals surface area (Å²) in [4.78, 5) is 20.3. The Morgan fingerprint density at radius 3 is 2.09 bits per heavy atom. The Balaban J connectivity index is 4.12. The lowest BCUT2D eigenvalue weighted by Crippen LogP contribution is -2.25. The Hall–Kier alpha value is -0.680. The smallest absolute Gasteiger partial charge is 0.328 e. The molecule has 4 nitrogen and oxygen atoms in total. The van der Waals surface area contributed by atoms with Gasteiger partial charge in [0, 0.05) is 5.54 Å². The first-order valence-electron chi connectivity index (χ1n) is 2.46. The third-order valence-corrected chi connectivity index (χ3v) is 1.96. The Kier molecular flexibility index (Phi) is 4.72. The number of aliphatic carboxylic acids is 2. The molecule has 0 saturated carbocycles. The van der Waals surface area contributed by atoms with Gasteiger partial charge >= 0.3 is 11.9 Å². The van der Waals surface area contributed by atoms with Crippen LogP contribution in [0.5, 0.6) is 0 Å². The van der Waals surface area contributed by atoms with E-state index in [0.717, 1.165) is 5.54 Å². The molecule has 0 radical (unpaired) electrons. The molecule has 0 spiro atoms. The summed E-state index contributed by atoms with van der Waals surface area (Å²) in [6.45, 7) is 0. The molecular formula is C5H5ClO4S. The number of hydrogen-bond donors (Lipinski definition) is 2. The average molecular weight is 197 g/mol. The van der Waals surface area contributed by atoms with Crippen LogP contribution in [0.15, 0.2) is 10.9 Å². The van der Waals surface area contributed by atoms with Crippen LogP contribution < -0.4 is 0 Å². The third-order valence-electron chi connectivity index (χ3n) is 0.715. The SMILES string of the molecule is O=C(O)C(SC=CCl)C(=O)O. The summed E-state index contributed by atoms with van der Waals surface area (Å²) >= 11 is 5.69. The molecule has 0 aliphatic heterocycles. The van der Waals surface area contributed by atoms with Crippen LogP contribution in [0.3, 0.4) is 0 Å². The van der Waals surface area contributed by atoms with Crippen molar-refractivity contribution in [3.8, 4) is 0 Å². The van der Waals surface area contributed by atoms with Crippen molar-refractivity contribution < 1.29 is 19.8 Å². The minimum Gasteiger partial charge on any atom is -0.480 e. The molecule has 0 aliphatic carbocycles. The molecule has 11 heavy (non-hydrogen) atoms. The maximum absolute atomic E-state index is 10.2. The molecule has 0 aliphatic rings. The molecule has 0 bridgehead atoms. The molecule has 0 aromatic rings. The van der Waals surface area contributed by atoms with E-state index in [1.54, 1.807) is 0 Å². The maximum atomic E-state index is 10.2. The van der Waals surface area contributed by atoms with Crippen molar-refractivity contribution in [2.24, 2.45) is 0 Å². The van der Waals surface area contributed by atoms with Crippen LogP contribution in [0.25, 0.3) is 0 Å². The Bertz CT molecular complexity index is 177. The zero-order valence-corrected chi connectivity index (χ0v) is 6.80. The summed E-state index contributed by atoms with van der Waals surface area (Å²) in [5, 5.41) is 16.3. The van der Waals surface area contributed by atoms with Crippen LogP contribution in [0.4, 0.5) is 0 Å². The average Bonchev–Trinajstić information content (AvgIpc) is 1.87. The van der Waals surface area contributed by atoms with Gasteiger partial charge in [-0.25, -0.2) is 0 Å². The Morgan fingerprint density at radius 1 is 1.36 bits per heavy atom. The van der Waals surface area contributed by atoms with Gasteiger partial charge in [-0.15, -0.1) is 11.8 Å². The molecule has 62 valence electrons. The van der Waals surface area contributed by atoms with E-state index < -0.39 is 17.2 Å². The quantitative estimate of drug-likeness (QED) is 0.656. The largest absolute Gasteiger partial charge is 0.480 e. The van der Waals surface area contributed by atoms with Crippen molar-refractivity contribution in [2.45, 2.75) is 5.25 Å². The fraction of sp³-hybridized carbons (Fsp3) is 0.200. The highest BCUT2D eigenvalue weighted by molar-refractivity contribution is 8.04. The van der Waals surface area contributed by atoms with Crippen LogP contribution in [0.1, 0.15) is 0 Å². The summed E-state index contributed by atoms with van der Waals surface area (Å²) < 4.78 is 0. The van der Waals surface area contributed by atoms with Crippen molar-refractivity contribution in [3.05, 3.63) is 10.9 Å². The number of halogens is 1. The number of carboxylic acid groups (broad SMARTS) is 2. The minimum absolute atomic E-state index is 0.626. The van der Waals surface area contributed by atoms with E-state index in [4.69, 9.17) is 21.8 Å². The van der Waals surface area contributed by atoms with Crippen molar-refractivity contribution >= 4 is 35.3 Å². The van der Waals surface area contributed by atoms with Gasteiger partial charge in [0.15, 0.2) is 0 Å². The molecule has 0 saturated heterocycles. The topological polar surface area (TPSA) is 74.6 Å². The zero-order chi connectivity index (χ0) is 8.85. The highest BCUT2D eigenvalue weighted by Crippen LogP contribution is 2.13. The molecule has 0 aromatic carbocycles. The van der Waals surface area contributed by atoms with E-state index in [1.807, 2.05) is 0 Å². The third kappa shape index (κ3) is 3.90. The van der Waals surface area contributed by atoms with Crippen molar-refractivity contribution in [1.29, 1.82) is 0 Å². The summed E-state index contributed by atoms with van der Waals surface area (Å²) in [5.41, 5.74) is 1.06. The molecule has 0 amide bonds. The number of hydrogen-bond acceptors (Lipinski definition) is 3. The summed E-state index contributed by atoms with van der Waals surface area (Å²) in [6, 6.07) is 0. The first-order chi connectivity index (χ1) is 5.09. The Morgan fingerprint density at radius 2 is 1.82 bits per heavy atom.